The highest BCUT2D eigenvalue weighted by Crippen LogP contribution is 2.33. The zero-order chi connectivity index (χ0) is 15.2. The first kappa shape index (κ1) is 15.9. The van der Waals surface area contributed by atoms with Crippen molar-refractivity contribution in [2.45, 2.75) is 51.9 Å². The zero-order valence-electron chi connectivity index (χ0n) is 12.3. The minimum absolute atomic E-state index is 0.188. The molecular weight excluding hydrogens is 276 g/mol. The van der Waals surface area contributed by atoms with Crippen LogP contribution in [0.5, 0.6) is 5.75 Å². The highest BCUT2D eigenvalue weighted by molar-refractivity contribution is 5.75. The number of unbranched alkanes of at least 4 members (excludes halogenated alkanes) is 1. The smallest absolute Gasteiger partial charge is 0.314 e. The first-order chi connectivity index (χ1) is 10.1. The number of hydrogen-bond donors (Lipinski definition) is 0. The van der Waals surface area contributed by atoms with Crippen LogP contribution in [0, 0.1) is 23.7 Å². The third-order valence-electron chi connectivity index (χ3n) is 4.14. The van der Waals surface area contributed by atoms with Crippen LogP contribution >= 0.6 is 0 Å². The van der Waals surface area contributed by atoms with E-state index >= 15 is 0 Å². The lowest BCUT2D eigenvalue weighted by Crippen LogP contribution is -2.26. The molecule has 0 N–H and O–H groups in total. The summed E-state index contributed by atoms with van der Waals surface area (Å²) in [6, 6.07) is 2.08. The summed E-state index contributed by atoms with van der Waals surface area (Å²) >= 11 is 0. The number of hydrogen-bond acceptors (Lipinski definition) is 3. The fourth-order valence-electron chi connectivity index (χ4n) is 2.85. The van der Waals surface area contributed by atoms with Crippen LogP contribution in [0.3, 0.4) is 0 Å². The third kappa shape index (κ3) is 4.48. The Bertz CT molecular complexity index is 485. The molecule has 21 heavy (non-hydrogen) atoms. The molecule has 1 aliphatic rings. The Morgan fingerprint density at radius 3 is 2.62 bits per heavy atom. The van der Waals surface area contributed by atoms with Gasteiger partial charge >= 0.3 is 5.97 Å². The predicted molar refractivity (Wildman–Crippen MR) is 74.8 cm³/mol. The van der Waals surface area contributed by atoms with Crippen molar-refractivity contribution < 1.29 is 18.3 Å². The van der Waals surface area contributed by atoms with Crippen molar-refractivity contribution in [2.75, 3.05) is 0 Å². The third-order valence-corrected chi connectivity index (χ3v) is 4.14. The molecule has 1 aliphatic carbocycles. The summed E-state index contributed by atoms with van der Waals surface area (Å²) in [6.07, 6.45) is 7.24. The number of nitrogens with zero attached hydrogens (tertiary/aromatic N) is 1. The van der Waals surface area contributed by atoms with Gasteiger partial charge in [-0.3, -0.25) is 4.79 Å². The van der Waals surface area contributed by atoms with E-state index in [9.17, 15) is 13.6 Å². The first-order valence-electron chi connectivity index (χ1n) is 7.64. The van der Waals surface area contributed by atoms with Crippen LogP contribution in [0.15, 0.2) is 12.1 Å². The fourth-order valence-corrected chi connectivity index (χ4v) is 2.85. The average molecular weight is 297 g/mol. The van der Waals surface area contributed by atoms with E-state index in [1.54, 1.807) is 0 Å². The highest BCUT2D eigenvalue weighted by atomic mass is 19.1. The molecule has 5 heteroatoms. The Morgan fingerprint density at radius 1 is 1.29 bits per heavy atom. The average Bonchev–Trinajstić information content (AvgIpc) is 2.48. The van der Waals surface area contributed by atoms with Crippen molar-refractivity contribution in [1.82, 2.24) is 4.98 Å². The zero-order valence-corrected chi connectivity index (χ0v) is 12.3. The van der Waals surface area contributed by atoms with Gasteiger partial charge in [0.15, 0.2) is 5.75 Å². The Morgan fingerprint density at radius 2 is 2.00 bits per heavy atom. The lowest BCUT2D eigenvalue weighted by Gasteiger charge is -2.27. The molecule has 1 heterocycles. The molecule has 0 aliphatic heterocycles. The topological polar surface area (TPSA) is 39.2 Å². The minimum atomic E-state index is -1.08. The number of ether oxygens (including phenoxy) is 1. The lowest BCUT2D eigenvalue weighted by atomic mass is 9.80. The Kier molecular flexibility index (Phi) is 5.65. The van der Waals surface area contributed by atoms with Gasteiger partial charge in [0.1, 0.15) is 0 Å². The van der Waals surface area contributed by atoms with E-state index in [0.29, 0.717) is 5.92 Å². The summed E-state index contributed by atoms with van der Waals surface area (Å²) in [6.45, 7) is 2.17. The van der Waals surface area contributed by atoms with Gasteiger partial charge in [0.05, 0.1) is 5.92 Å². The van der Waals surface area contributed by atoms with Crippen LogP contribution in [-0.2, 0) is 4.79 Å². The van der Waals surface area contributed by atoms with Gasteiger partial charge in [-0.1, -0.05) is 26.2 Å². The number of carbonyl (C=O) groups is 1. The molecule has 2 rings (SSSR count). The van der Waals surface area contributed by atoms with E-state index in [1.807, 2.05) is 0 Å². The van der Waals surface area contributed by atoms with Crippen LogP contribution < -0.4 is 4.74 Å². The molecule has 3 nitrogen and oxygen atoms in total. The molecular formula is C16H21F2NO2. The molecule has 0 unspecified atom stereocenters. The summed E-state index contributed by atoms with van der Waals surface area (Å²) in [5.74, 6) is -2.24. The Labute approximate surface area is 123 Å². The Hall–Kier alpha value is -1.52. The van der Waals surface area contributed by atoms with Gasteiger partial charge < -0.3 is 4.74 Å². The number of esters is 1. The number of halogens is 2. The number of aromatic nitrogens is 1. The van der Waals surface area contributed by atoms with E-state index in [1.165, 1.54) is 19.3 Å². The number of pyridine rings is 1. The molecule has 0 spiro atoms. The summed E-state index contributed by atoms with van der Waals surface area (Å²) in [5, 5.41) is 0. The molecule has 0 bridgehead atoms. The van der Waals surface area contributed by atoms with Crippen molar-refractivity contribution >= 4 is 5.97 Å². The molecule has 1 aromatic rings. The summed E-state index contributed by atoms with van der Waals surface area (Å²) in [4.78, 5) is 15.0. The van der Waals surface area contributed by atoms with Gasteiger partial charge in [-0.05, 0) is 43.7 Å². The van der Waals surface area contributed by atoms with Crippen LogP contribution in [0.25, 0.3) is 0 Å². The van der Waals surface area contributed by atoms with Crippen LogP contribution in [0.1, 0.15) is 51.9 Å². The minimum Gasteiger partial charge on any atom is -0.421 e. The summed E-state index contributed by atoms with van der Waals surface area (Å²) < 4.78 is 31.1. The molecule has 0 saturated heterocycles. The van der Waals surface area contributed by atoms with Crippen LogP contribution in [0.4, 0.5) is 8.78 Å². The molecule has 116 valence electrons. The van der Waals surface area contributed by atoms with Gasteiger partial charge in [0.2, 0.25) is 5.95 Å². The van der Waals surface area contributed by atoms with Gasteiger partial charge in [0.25, 0.3) is 5.95 Å². The number of carbonyl (C=O) groups excluding carboxylic acids is 1. The maximum Gasteiger partial charge on any atom is 0.314 e. The SMILES string of the molecule is CCCC[C@H]1CC[C@H](C(=O)Oc2ccc(F)nc2F)CC1. The van der Waals surface area contributed by atoms with Crippen LogP contribution in [-0.4, -0.2) is 11.0 Å². The van der Waals surface area contributed by atoms with E-state index < -0.39 is 17.9 Å². The summed E-state index contributed by atoms with van der Waals surface area (Å²) in [7, 11) is 0. The first-order valence-corrected chi connectivity index (χ1v) is 7.64. The van der Waals surface area contributed by atoms with Gasteiger partial charge in [-0.15, -0.1) is 0 Å². The molecule has 0 atom stereocenters. The number of rotatable bonds is 5. The molecule has 0 aromatic carbocycles. The maximum absolute atomic E-state index is 13.4. The molecule has 0 amide bonds. The van der Waals surface area contributed by atoms with Gasteiger partial charge in [-0.25, -0.2) is 0 Å². The monoisotopic (exact) mass is 297 g/mol. The normalized spacial score (nSPS) is 22.0. The highest BCUT2D eigenvalue weighted by Gasteiger charge is 2.28. The van der Waals surface area contributed by atoms with E-state index in [-0.39, 0.29) is 11.7 Å². The fraction of sp³-hybridized carbons (Fsp3) is 0.625. The second-order valence-electron chi connectivity index (χ2n) is 5.70. The van der Waals surface area contributed by atoms with Crippen molar-refractivity contribution in [3.05, 3.63) is 24.0 Å². The molecule has 1 saturated carbocycles. The predicted octanol–water partition coefficient (Wildman–Crippen LogP) is 4.26. The largest absolute Gasteiger partial charge is 0.421 e. The van der Waals surface area contributed by atoms with E-state index in [2.05, 4.69) is 11.9 Å². The van der Waals surface area contributed by atoms with E-state index in [4.69, 9.17) is 4.74 Å². The van der Waals surface area contributed by atoms with E-state index in [0.717, 1.165) is 37.8 Å². The van der Waals surface area contributed by atoms with Crippen LogP contribution in [0.2, 0.25) is 0 Å². The van der Waals surface area contributed by atoms with Crippen molar-refractivity contribution in [3.8, 4) is 5.75 Å². The molecule has 1 fully saturated rings. The lowest BCUT2D eigenvalue weighted by molar-refractivity contribution is -0.140. The Balaban J connectivity index is 1.84. The van der Waals surface area contributed by atoms with Crippen molar-refractivity contribution in [1.29, 1.82) is 0 Å². The second kappa shape index (κ2) is 7.48. The van der Waals surface area contributed by atoms with Gasteiger partial charge in [-0.2, -0.15) is 13.8 Å². The second-order valence-corrected chi connectivity index (χ2v) is 5.70. The van der Waals surface area contributed by atoms with Crippen molar-refractivity contribution in [3.63, 3.8) is 0 Å². The van der Waals surface area contributed by atoms with Crippen molar-refractivity contribution in [2.24, 2.45) is 11.8 Å². The van der Waals surface area contributed by atoms with Gasteiger partial charge in [0, 0.05) is 0 Å². The molecule has 0 radical (unpaired) electrons. The molecule has 1 aromatic heterocycles. The summed E-state index contributed by atoms with van der Waals surface area (Å²) in [5.41, 5.74) is 0. The standard InChI is InChI=1S/C16H21F2NO2/c1-2-3-4-11-5-7-12(8-6-11)16(20)21-13-9-10-14(17)19-15(13)18/h9-12H,2-8H2,1H3/t11-,12-. The maximum atomic E-state index is 13.4. The quantitative estimate of drug-likeness (QED) is 0.602.